The fraction of sp³-hybridized carbons (Fsp3) is 0.333. The van der Waals surface area contributed by atoms with Gasteiger partial charge in [-0.1, -0.05) is 0 Å². The van der Waals surface area contributed by atoms with Crippen LogP contribution in [0, 0.1) is 0 Å². The Labute approximate surface area is 76.8 Å². The Morgan fingerprint density at radius 3 is 2.75 bits per heavy atom. The highest BCUT2D eigenvalue weighted by Gasteiger charge is 2.20. The van der Waals surface area contributed by atoms with Crippen LogP contribution in [0.5, 0.6) is 0 Å². The predicted molar refractivity (Wildman–Crippen MR) is 43.5 cm³/mol. The molecule has 2 N–H and O–H groups in total. The van der Waals surface area contributed by atoms with E-state index in [0.29, 0.717) is 4.60 Å². The lowest BCUT2D eigenvalue weighted by molar-refractivity contribution is -0.147. The van der Waals surface area contributed by atoms with Crippen LogP contribution in [0.2, 0.25) is 0 Å². The molecule has 1 rings (SSSR count). The van der Waals surface area contributed by atoms with Crippen molar-refractivity contribution >= 4 is 21.9 Å². The van der Waals surface area contributed by atoms with Crippen LogP contribution in [0.1, 0.15) is 11.8 Å². The number of aliphatic carboxylic acids is 1. The third kappa shape index (κ3) is 1.64. The smallest absolute Gasteiger partial charge is 0.338 e. The largest absolute Gasteiger partial charge is 0.479 e. The third-order valence-corrected chi connectivity index (χ3v) is 1.79. The topological polar surface area (TPSA) is 75.3 Å². The fourth-order valence-electron chi connectivity index (χ4n) is 0.828. The molecule has 1 heterocycles. The van der Waals surface area contributed by atoms with Crippen molar-refractivity contribution < 1.29 is 15.0 Å². The summed E-state index contributed by atoms with van der Waals surface area (Å²) >= 11 is 3.06. The number of hydrogen-bond donors (Lipinski definition) is 2. The minimum atomic E-state index is -1.52. The molecule has 0 aliphatic heterocycles. The highest BCUT2D eigenvalue weighted by Crippen LogP contribution is 2.16. The van der Waals surface area contributed by atoms with Crippen molar-refractivity contribution in [3.05, 3.63) is 16.4 Å². The normalized spacial score (nSPS) is 12.9. The van der Waals surface area contributed by atoms with Gasteiger partial charge >= 0.3 is 5.97 Å². The zero-order valence-corrected chi connectivity index (χ0v) is 7.82. The van der Waals surface area contributed by atoms with Gasteiger partial charge in [0.05, 0.1) is 5.69 Å². The Bertz CT molecular complexity index is 310. The highest BCUT2D eigenvalue weighted by molar-refractivity contribution is 9.10. The first-order valence-electron chi connectivity index (χ1n) is 3.12. The monoisotopic (exact) mass is 234 g/mol. The standard InChI is InChI=1S/C6H7BrN2O3/c1-9-3(2-4(7)8-9)5(10)6(11)12/h2,5,10H,1H3,(H,11,12). The van der Waals surface area contributed by atoms with Crippen LogP contribution in [0.15, 0.2) is 10.7 Å². The molecule has 1 aromatic rings. The first-order chi connectivity index (χ1) is 5.52. The van der Waals surface area contributed by atoms with Crippen molar-refractivity contribution in [2.75, 3.05) is 0 Å². The lowest BCUT2D eigenvalue weighted by Gasteiger charge is -2.03. The fourth-order valence-corrected chi connectivity index (χ4v) is 1.30. The molecule has 12 heavy (non-hydrogen) atoms. The van der Waals surface area contributed by atoms with Crippen molar-refractivity contribution in [3.63, 3.8) is 0 Å². The van der Waals surface area contributed by atoms with Gasteiger partial charge in [-0.25, -0.2) is 4.79 Å². The van der Waals surface area contributed by atoms with Crippen molar-refractivity contribution in [3.8, 4) is 0 Å². The van der Waals surface area contributed by atoms with Crippen molar-refractivity contribution in [2.45, 2.75) is 6.10 Å². The number of nitrogens with zero attached hydrogens (tertiary/aromatic N) is 2. The van der Waals surface area contributed by atoms with Crippen LogP contribution in [-0.2, 0) is 11.8 Å². The lowest BCUT2D eigenvalue weighted by Crippen LogP contribution is -2.14. The molecule has 0 radical (unpaired) electrons. The van der Waals surface area contributed by atoms with Gasteiger partial charge in [0.15, 0.2) is 6.10 Å². The van der Waals surface area contributed by atoms with E-state index in [1.54, 1.807) is 7.05 Å². The van der Waals surface area contributed by atoms with E-state index in [1.165, 1.54) is 10.7 Å². The maximum Gasteiger partial charge on any atom is 0.338 e. The van der Waals surface area contributed by atoms with Gasteiger partial charge in [-0.15, -0.1) is 0 Å². The first-order valence-corrected chi connectivity index (χ1v) is 3.92. The van der Waals surface area contributed by atoms with Gasteiger partial charge < -0.3 is 10.2 Å². The van der Waals surface area contributed by atoms with Gasteiger partial charge in [-0.2, -0.15) is 5.10 Å². The van der Waals surface area contributed by atoms with Gasteiger partial charge in [0, 0.05) is 7.05 Å². The van der Waals surface area contributed by atoms with E-state index in [9.17, 15) is 4.79 Å². The predicted octanol–water partition coefficient (Wildman–Crippen LogP) is 0.301. The molecule has 66 valence electrons. The van der Waals surface area contributed by atoms with Crippen LogP contribution in [0.25, 0.3) is 0 Å². The molecular formula is C6H7BrN2O3. The quantitative estimate of drug-likeness (QED) is 0.772. The van der Waals surface area contributed by atoms with E-state index >= 15 is 0 Å². The summed E-state index contributed by atoms with van der Waals surface area (Å²) in [5.74, 6) is -1.29. The number of hydrogen-bond acceptors (Lipinski definition) is 3. The van der Waals surface area contributed by atoms with E-state index in [-0.39, 0.29) is 5.69 Å². The number of carboxylic acids is 1. The van der Waals surface area contributed by atoms with E-state index < -0.39 is 12.1 Å². The molecule has 0 saturated carbocycles. The second kappa shape index (κ2) is 3.24. The minimum Gasteiger partial charge on any atom is -0.479 e. The highest BCUT2D eigenvalue weighted by atomic mass is 79.9. The molecule has 6 heteroatoms. The molecule has 1 atom stereocenters. The van der Waals surface area contributed by atoms with Crippen LogP contribution >= 0.6 is 15.9 Å². The molecular weight excluding hydrogens is 228 g/mol. The van der Waals surface area contributed by atoms with Crippen LogP contribution in [0.4, 0.5) is 0 Å². The Morgan fingerprint density at radius 1 is 1.83 bits per heavy atom. The van der Waals surface area contributed by atoms with Gasteiger partial charge in [0.1, 0.15) is 4.60 Å². The lowest BCUT2D eigenvalue weighted by atomic mass is 10.2. The van der Waals surface area contributed by atoms with E-state index in [2.05, 4.69) is 21.0 Å². The maximum atomic E-state index is 10.4. The second-order valence-corrected chi connectivity index (χ2v) is 3.07. The van der Waals surface area contributed by atoms with Crippen LogP contribution in [-0.4, -0.2) is 26.0 Å². The van der Waals surface area contributed by atoms with E-state index in [1.807, 2.05) is 0 Å². The average Bonchev–Trinajstić information content (AvgIpc) is 2.28. The molecule has 1 unspecified atom stereocenters. The summed E-state index contributed by atoms with van der Waals surface area (Å²) in [6.45, 7) is 0. The molecule has 5 nitrogen and oxygen atoms in total. The van der Waals surface area contributed by atoms with Gasteiger partial charge in [-0.3, -0.25) is 4.68 Å². The molecule has 0 saturated heterocycles. The Morgan fingerprint density at radius 2 is 2.42 bits per heavy atom. The molecule has 1 aromatic heterocycles. The number of rotatable bonds is 2. The number of aromatic nitrogens is 2. The zero-order valence-electron chi connectivity index (χ0n) is 6.23. The average molecular weight is 235 g/mol. The second-order valence-electron chi connectivity index (χ2n) is 2.26. The van der Waals surface area contributed by atoms with Gasteiger partial charge in [-0.05, 0) is 22.0 Å². The number of halogens is 1. The van der Waals surface area contributed by atoms with Gasteiger partial charge in [0.25, 0.3) is 0 Å². The summed E-state index contributed by atoms with van der Waals surface area (Å²) < 4.78 is 1.81. The summed E-state index contributed by atoms with van der Waals surface area (Å²) in [6, 6.07) is 1.46. The molecule has 0 aromatic carbocycles. The number of carbonyl (C=O) groups is 1. The first kappa shape index (κ1) is 9.21. The van der Waals surface area contributed by atoms with E-state index in [0.717, 1.165) is 0 Å². The molecule has 0 aliphatic rings. The van der Waals surface area contributed by atoms with Crippen molar-refractivity contribution in [2.24, 2.45) is 7.05 Å². The molecule has 0 spiro atoms. The molecule has 0 amide bonds. The van der Waals surface area contributed by atoms with Crippen LogP contribution in [0.3, 0.4) is 0 Å². The van der Waals surface area contributed by atoms with Crippen molar-refractivity contribution in [1.82, 2.24) is 9.78 Å². The van der Waals surface area contributed by atoms with Gasteiger partial charge in [0.2, 0.25) is 0 Å². The number of carboxylic acid groups (broad SMARTS) is 1. The molecule has 0 bridgehead atoms. The Balaban J connectivity index is 3.02. The third-order valence-electron chi connectivity index (χ3n) is 1.40. The summed E-state index contributed by atoms with van der Waals surface area (Å²) in [7, 11) is 1.56. The summed E-state index contributed by atoms with van der Waals surface area (Å²) in [5, 5.41) is 21.4. The SMILES string of the molecule is Cn1nc(Br)cc1C(O)C(=O)O. The maximum absolute atomic E-state index is 10.4. The Hall–Kier alpha value is -0.880. The summed E-state index contributed by atoms with van der Waals surface area (Å²) in [4.78, 5) is 10.4. The molecule has 0 fully saturated rings. The molecule has 0 aliphatic carbocycles. The summed E-state index contributed by atoms with van der Waals surface area (Å²) in [5.41, 5.74) is 0.245. The minimum absolute atomic E-state index is 0.245. The van der Waals surface area contributed by atoms with Crippen molar-refractivity contribution in [1.29, 1.82) is 0 Å². The number of aliphatic hydroxyl groups is 1. The number of aliphatic hydroxyl groups excluding tert-OH is 1. The summed E-state index contributed by atoms with van der Waals surface area (Å²) in [6.07, 6.45) is -1.52. The van der Waals surface area contributed by atoms with Crippen LogP contribution < -0.4 is 0 Å². The zero-order chi connectivity index (χ0) is 9.30. The number of aryl methyl sites for hydroxylation is 1. The van der Waals surface area contributed by atoms with E-state index in [4.69, 9.17) is 10.2 Å². The Kier molecular flexibility index (Phi) is 2.49.